The number of unbranched alkanes of at least 4 members (excludes halogenated alkanes) is 1. The normalized spacial score (nSPS) is 11.5. The Bertz CT molecular complexity index is 1720. The predicted octanol–water partition coefficient (Wildman–Crippen LogP) is 8.44. The summed E-state index contributed by atoms with van der Waals surface area (Å²) < 4.78 is 13.4. The zero-order chi connectivity index (χ0) is 37.6. The summed E-state index contributed by atoms with van der Waals surface area (Å²) in [6.07, 6.45) is 5.64. The summed E-state index contributed by atoms with van der Waals surface area (Å²) >= 11 is 0. The highest BCUT2D eigenvalue weighted by atomic mass is 31.2. The molecule has 0 atom stereocenters. The van der Waals surface area contributed by atoms with Crippen LogP contribution < -0.4 is 15.6 Å². The average molecular weight is 708 g/mol. The number of hydrogen-bond donors (Lipinski definition) is 4. The van der Waals surface area contributed by atoms with Crippen LogP contribution in [0.2, 0.25) is 0 Å². The third-order valence-corrected chi connectivity index (χ3v) is 8.83. The highest BCUT2D eigenvalue weighted by Gasteiger charge is 2.24. The van der Waals surface area contributed by atoms with Gasteiger partial charge >= 0.3 is 8.60 Å². The molecule has 0 bridgehead atoms. The van der Waals surface area contributed by atoms with Gasteiger partial charge in [-0.15, -0.1) is 13.2 Å². The second-order valence-corrected chi connectivity index (χ2v) is 13.8. The zero-order valence-electron chi connectivity index (χ0n) is 31.3. The van der Waals surface area contributed by atoms with Gasteiger partial charge in [-0.05, 0) is 80.3 Å². The van der Waals surface area contributed by atoms with E-state index >= 15 is 0 Å². The first-order valence-electron chi connectivity index (χ1n) is 17.3. The van der Waals surface area contributed by atoms with Crippen LogP contribution in [0.3, 0.4) is 0 Å². The molecule has 2 aromatic carbocycles. The standard InChI is InChI=1S/C35H48N5O5P.C2H6.C2H4/c1-8-10-11-29-38-31-32(40(29)22-24-12-15-28(23(3)20-24)45-46(42)43)26-14-13-25(21-27(26)37-33(31)36)34(4,5)16-18-44-19-17-35(6,7)39-30(41)9-2;2*1-2/h9,12-15,20-21,42-43H,2,8,10-11,16-19,22H2,1,3-7H3,(H2,36,37)(H,39,41);1-2H3;1-2H2. The van der Waals surface area contributed by atoms with Crippen molar-refractivity contribution in [1.82, 2.24) is 19.9 Å². The first-order valence-corrected chi connectivity index (χ1v) is 18.5. The quantitative estimate of drug-likeness (QED) is 0.0393. The van der Waals surface area contributed by atoms with E-state index in [9.17, 15) is 14.6 Å². The monoisotopic (exact) mass is 707 g/mol. The third-order valence-electron chi connectivity index (χ3n) is 8.47. The number of aromatic nitrogens is 3. The number of carbonyl (C=O) groups excluding carboxylic acids is 1. The second-order valence-electron chi connectivity index (χ2n) is 13.2. The van der Waals surface area contributed by atoms with Gasteiger partial charge in [-0.1, -0.05) is 71.9 Å². The summed E-state index contributed by atoms with van der Waals surface area (Å²) in [5.41, 5.74) is 11.5. The smallest absolute Gasteiger partial charge is 0.391 e. The molecule has 0 saturated heterocycles. The zero-order valence-corrected chi connectivity index (χ0v) is 32.2. The number of ether oxygens (including phenoxy) is 1. The molecule has 2 heterocycles. The molecule has 1 amide bonds. The van der Waals surface area contributed by atoms with Crippen molar-refractivity contribution >= 4 is 42.3 Å². The lowest BCUT2D eigenvalue weighted by molar-refractivity contribution is -0.118. The van der Waals surface area contributed by atoms with Crippen molar-refractivity contribution in [2.45, 2.75) is 105 Å². The van der Waals surface area contributed by atoms with E-state index in [1.807, 2.05) is 46.8 Å². The predicted molar refractivity (Wildman–Crippen MR) is 208 cm³/mol. The fourth-order valence-corrected chi connectivity index (χ4v) is 5.99. The molecule has 5 N–H and O–H groups in total. The maximum atomic E-state index is 11.7. The Balaban J connectivity index is 0.00000209. The number of benzene rings is 2. The lowest BCUT2D eigenvalue weighted by atomic mass is 9.81. The van der Waals surface area contributed by atoms with E-state index in [1.165, 1.54) is 6.08 Å². The van der Waals surface area contributed by atoms with Crippen LogP contribution >= 0.6 is 8.60 Å². The summed E-state index contributed by atoms with van der Waals surface area (Å²) in [5.74, 6) is 1.62. The fraction of sp³-hybridized carbons (Fsp3) is 0.462. The molecule has 0 aliphatic rings. The number of aryl methyl sites for hydroxylation is 2. The molecule has 50 heavy (non-hydrogen) atoms. The number of carbonyl (C=O) groups is 1. The summed E-state index contributed by atoms with van der Waals surface area (Å²) in [6.45, 7) is 27.6. The van der Waals surface area contributed by atoms with Gasteiger partial charge in [-0.3, -0.25) is 4.79 Å². The Morgan fingerprint density at radius 1 is 1.06 bits per heavy atom. The summed E-state index contributed by atoms with van der Waals surface area (Å²) in [5, 5.41) is 3.92. The minimum atomic E-state index is -2.49. The van der Waals surface area contributed by atoms with Crippen LogP contribution in [0.25, 0.3) is 21.9 Å². The molecule has 4 rings (SSSR count). The van der Waals surface area contributed by atoms with Crippen molar-refractivity contribution in [2.75, 3.05) is 18.9 Å². The number of anilines is 1. The lowest BCUT2D eigenvalue weighted by Gasteiger charge is -2.27. The van der Waals surface area contributed by atoms with Crippen LogP contribution in [-0.4, -0.2) is 49.0 Å². The van der Waals surface area contributed by atoms with E-state index in [0.717, 1.165) is 64.6 Å². The van der Waals surface area contributed by atoms with Gasteiger partial charge < -0.3 is 34.7 Å². The SMILES string of the molecule is C=C.C=CC(=O)NC(C)(C)CCOCCC(C)(C)c1ccc2c(c1)nc(N)c1nc(CCCC)n(Cc3ccc(OP(O)O)c(C)c3)c12.CC. The van der Waals surface area contributed by atoms with Crippen LogP contribution in [0.4, 0.5) is 5.82 Å². The van der Waals surface area contributed by atoms with Crippen LogP contribution in [-0.2, 0) is 27.9 Å². The van der Waals surface area contributed by atoms with Gasteiger partial charge in [0.05, 0.1) is 11.0 Å². The number of pyridine rings is 1. The van der Waals surface area contributed by atoms with E-state index in [4.69, 9.17) is 25.0 Å². The first kappa shape index (κ1) is 42.3. The minimum Gasteiger partial charge on any atom is -0.427 e. The maximum absolute atomic E-state index is 11.7. The lowest BCUT2D eigenvalue weighted by Crippen LogP contribution is -2.43. The van der Waals surface area contributed by atoms with E-state index in [0.29, 0.717) is 43.3 Å². The molecule has 0 fully saturated rings. The Hall–Kier alpha value is -3.82. The summed E-state index contributed by atoms with van der Waals surface area (Å²) in [7, 11) is -2.49. The summed E-state index contributed by atoms with van der Waals surface area (Å²) in [4.78, 5) is 40.1. The van der Waals surface area contributed by atoms with Crippen molar-refractivity contribution in [3.63, 3.8) is 0 Å². The van der Waals surface area contributed by atoms with Crippen molar-refractivity contribution in [3.05, 3.63) is 84.7 Å². The van der Waals surface area contributed by atoms with Gasteiger partial charge in [-0.25, -0.2) is 9.97 Å². The van der Waals surface area contributed by atoms with Gasteiger partial charge in [-0.2, -0.15) is 0 Å². The molecule has 11 heteroatoms. The third kappa shape index (κ3) is 11.4. The number of amides is 1. The molecule has 0 radical (unpaired) electrons. The molecule has 0 aliphatic heterocycles. The molecular formula is C39H58N5O5P. The molecular weight excluding hydrogens is 649 g/mol. The molecule has 274 valence electrons. The Morgan fingerprint density at radius 2 is 1.74 bits per heavy atom. The molecule has 4 aromatic rings. The number of nitrogens with one attached hydrogen (secondary N) is 1. The van der Waals surface area contributed by atoms with Crippen LogP contribution in [0.5, 0.6) is 5.75 Å². The largest absolute Gasteiger partial charge is 0.427 e. The fourth-order valence-electron chi connectivity index (χ4n) is 5.61. The van der Waals surface area contributed by atoms with E-state index in [2.05, 4.69) is 68.6 Å². The number of nitrogens with zero attached hydrogens (tertiary/aromatic N) is 3. The molecule has 0 aliphatic carbocycles. The Kier molecular flexibility index (Phi) is 16.5. The van der Waals surface area contributed by atoms with E-state index < -0.39 is 8.60 Å². The molecule has 2 aromatic heterocycles. The molecule has 10 nitrogen and oxygen atoms in total. The highest BCUT2D eigenvalue weighted by Crippen LogP contribution is 2.35. The second kappa shape index (κ2) is 19.5. The van der Waals surface area contributed by atoms with Crippen LogP contribution in [0.15, 0.2) is 62.2 Å². The van der Waals surface area contributed by atoms with Crippen molar-refractivity contribution in [2.24, 2.45) is 0 Å². The number of fused-ring (bicyclic) bond motifs is 3. The van der Waals surface area contributed by atoms with Crippen molar-refractivity contribution in [3.8, 4) is 5.75 Å². The Morgan fingerprint density at radius 3 is 2.36 bits per heavy atom. The van der Waals surface area contributed by atoms with Crippen molar-refractivity contribution in [1.29, 1.82) is 0 Å². The topological polar surface area (TPSA) is 145 Å². The molecule has 0 spiro atoms. The summed E-state index contributed by atoms with van der Waals surface area (Å²) in [6, 6.07) is 12.1. The Labute approximate surface area is 299 Å². The number of imidazole rings is 1. The van der Waals surface area contributed by atoms with Gasteiger partial charge in [0.1, 0.15) is 17.1 Å². The maximum Gasteiger partial charge on any atom is 0.391 e. The number of hydrogen-bond acceptors (Lipinski definition) is 8. The van der Waals surface area contributed by atoms with Gasteiger partial charge in [0.25, 0.3) is 0 Å². The van der Waals surface area contributed by atoms with Gasteiger partial charge in [0.15, 0.2) is 5.82 Å². The highest BCUT2D eigenvalue weighted by molar-refractivity contribution is 7.39. The molecule has 0 unspecified atom stereocenters. The molecule has 0 saturated carbocycles. The minimum absolute atomic E-state index is 0.177. The van der Waals surface area contributed by atoms with Crippen molar-refractivity contribution < 1.29 is 23.8 Å². The van der Waals surface area contributed by atoms with Crippen LogP contribution in [0, 0.1) is 6.92 Å². The van der Waals surface area contributed by atoms with Gasteiger partial charge in [0, 0.05) is 37.1 Å². The number of nitrogen functional groups attached to an aromatic ring is 1. The number of rotatable bonds is 16. The first-order chi connectivity index (χ1) is 23.7. The van der Waals surface area contributed by atoms with E-state index in [-0.39, 0.29) is 16.9 Å². The van der Waals surface area contributed by atoms with Crippen LogP contribution in [0.1, 0.15) is 96.7 Å². The average Bonchev–Trinajstić information content (AvgIpc) is 3.44. The van der Waals surface area contributed by atoms with Gasteiger partial charge in [0.2, 0.25) is 5.91 Å². The number of nitrogens with two attached hydrogens (primary N) is 1. The van der Waals surface area contributed by atoms with E-state index in [1.54, 1.807) is 6.07 Å².